The minimum Gasteiger partial charge on any atom is -0.339 e. The first kappa shape index (κ1) is 21.0. The lowest BCUT2D eigenvalue weighted by molar-refractivity contribution is 0.0712. The molecular weight excluding hydrogens is 382 g/mol. The van der Waals surface area contributed by atoms with E-state index in [4.69, 9.17) is 5.73 Å². The molecule has 4 heteroatoms. The zero-order valence-corrected chi connectivity index (χ0v) is 18.0. The minimum atomic E-state index is 0.0633. The van der Waals surface area contributed by atoms with Crippen LogP contribution in [0.25, 0.3) is 12.2 Å². The molecular formula is C27H29N3O. The SMILES string of the molecule is Cc1ccc(CN)cc1C1CCN(C(=O)c2cncc(/C=C\c3ccccc3)c2)CC1. The topological polar surface area (TPSA) is 59.2 Å². The molecule has 0 aliphatic carbocycles. The number of carbonyl (C=O) groups excluding carboxylic acids is 1. The molecule has 4 rings (SSSR count). The molecule has 0 unspecified atom stereocenters. The fraction of sp³-hybridized carbons (Fsp3) is 0.259. The first-order valence-electron chi connectivity index (χ1n) is 10.9. The highest BCUT2D eigenvalue weighted by Crippen LogP contribution is 2.31. The second kappa shape index (κ2) is 9.71. The van der Waals surface area contributed by atoms with E-state index in [1.807, 2.05) is 53.5 Å². The molecule has 2 heterocycles. The first-order chi connectivity index (χ1) is 15.1. The smallest absolute Gasteiger partial charge is 0.255 e. The Morgan fingerprint density at radius 3 is 2.52 bits per heavy atom. The van der Waals surface area contributed by atoms with Gasteiger partial charge in [-0.15, -0.1) is 0 Å². The van der Waals surface area contributed by atoms with Crippen LogP contribution in [-0.2, 0) is 6.54 Å². The molecule has 0 saturated carbocycles. The Balaban J connectivity index is 1.41. The Labute approximate surface area is 184 Å². The molecule has 1 aliphatic heterocycles. The number of pyridine rings is 1. The van der Waals surface area contributed by atoms with Gasteiger partial charge >= 0.3 is 0 Å². The van der Waals surface area contributed by atoms with Crippen molar-refractivity contribution in [2.75, 3.05) is 13.1 Å². The lowest BCUT2D eigenvalue weighted by Gasteiger charge is -2.33. The summed E-state index contributed by atoms with van der Waals surface area (Å²) in [6.45, 7) is 4.25. The molecule has 1 amide bonds. The minimum absolute atomic E-state index is 0.0633. The fourth-order valence-electron chi connectivity index (χ4n) is 4.26. The molecule has 1 aromatic heterocycles. The van der Waals surface area contributed by atoms with Crippen LogP contribution in [0, 0.1) is 6.92 Å². The average Bonchev–Trinajstić information content (AvgIpc) is 2.83. The van der Waals surface area contributed by atoms with E-state index in [1.165, 1.54) is 16.7 Å². The van der Waals surface area contributed by atoms with Gasteiger partial charge in [-0.3, -0.25) is 9.78 Å². The second-order valence-corrected chi connectivity index (χ2v) is 8.21. The predicted octanol–water partition coefficient (Wildman–Crippen LogP) is 5.04. The van der Waals surface area contributed by atoms with Gasteiger partial charge in [0.15, 0.2) is 0 Å². The third-order valence-electron chi connectivity index (χ3n) is 6.08. The quantitative estimate of drug-likeness (QED) is 0.640. The molecule has 0 bridgehead atoms. The van der Waals surface area contributed by atoms with Crippen molar-refractivity contribution in [1.82, 2.24) is 9.88 Å². The number of rotatable bonds is 5. The molecule has 1 aliphatic rings. The van der Waals surface area contributed by atoms with Gasteiger partial charge in [0.05, 0.1) is 5.56 Å². The summed E-state index contributed by atoms with van der Waals surface area (Å²) in [4.78, 5) is 19.3. The van der Waals surface area contributed by atoms with Crippen LogP contribution < -0.4 is 5.73 Å². The molecule has 1 fully saturated rings. The van der Waals surface area contributed by atoms with Crippen molar-refractivity contribution in [1.29, 1.82) is 0 Å². The highest BCUT2D eigenvalue weighted by Gasteiger charge is 2.25. The Hall–Kier alpha value is -3.24. The van der Waals surface area contributed by atoms with E-state index in [0.717, 1.165) is 37.1 Å². The van der Waals surface area contributed by atoms with Crippen molar-refractivity contribution >= 4 is 18.1 Å². The summed E-state index contributed by atoms with van der Waals surface area (Å²) in [6, 6.07) is 18.5. The highest BCUT2D eigenvalue weighted by atomic mass is 16.2. The van der Waals surface area contributed by atoms with Crippen LogP contribution in [0.5, 0.6) is 0 Å². The van der Waals surface area contributed by atoms with Crippen LogP contribution in [-0.4, -0.2) is 28.9 Å². The highest BCUT2D eigenvalue weighted by molar-refractivity contribution is 5.94. The van der Waals surface area contributed by atoms with Gasteiger partial charge in [0.2, 0.25) is 0 Å². The Morgan fingerprint density at radius 1 is 1.03 bits per heavy atom. The van der Waals surface area contributed by atoms with Gasteiger partial charge in [-0.05, 0) is 59.6 Å². The van der Waals surface area contributed by atoms with E-state index >= 15 is 0 Å². The lowest BCUT2D eigenvalue weighted by atomic mass is 9.85. The third kappa shape index (κ3) is 5.09. The number of amides is 1. The van der Waals surface area contributed by atoms with Gasteiger partial charge in [0, 0.05) is 32.0 Å². The molecule has 1 saturated heterocycles. The van der Waals surface area contributed by atoms with Crippen LogP contribution in [0.1, 0.15) is 56.9 Å². The maximum atomic E-state index is 13.1. The van der Waals surface area contributed by atoms with Crippen LogP contribution in [0.15, 0.2) is 67.0 Å². The van der Waals surface area contributed by atoms with Crippen LogP contribution >= 0.6 is 0 Å². The molecule has 3 aromatic rings. The zero-order valence-electron chi connectivity index (χ0n) is 18.0. The standard InChI is InChI=1S/C27H29N3O/c1-20-7-8-22(17-28)16-26(20)24-11-13-30(14-12-24)27(31)25-15-23(18-29-19-25)10-9-21-5-3-2-4-6-21/h2-10,15-16,18-19,24H,11-14,17,28H2,1H3/b10-9-. The number of piperidine rings is 1. The van der Waals surface area contributed by atoms with Gasteiger partial charge in [-0.25, -0.2) is 0 Å². The molecule has 31 heavy (non-hydrogen) atoms. The molecule has 0 radical (unpaired) electrons. The number of benzene rings is 2. The maximum Gasteiger partial charge on any atom is 0.255 e. The molecule has 2 N–H and O–H groups in total. The van der Waals surface area contributed by atoms with E-state index in [9.17, 15) is 4.79 Å². The van der Waals surface area contributed by atoms with E-state index in [0.29, 0.717) is 18.0 Å². The summed E-state index contributed by atoms with van der Waals surface area (Å²) in [5.41, 5.74) is 12.4. The normalized spacial score (nSPS) is 14.8. The monoisotopic (exact) mass is 411 g/mol. The summed E-state index contributed by atoms with van der Waals surface area (Å²) in [7, 11) is 0. The Kier molecular flexibility index (Phi) is 6.58. The molecule has 0 spiro atoms. The van der Waals surface area contributed by atoms with Crippen LogP contribution in [0.2, 0.25) is 0 Å². The van der Waals surface area contributed by atoms with Crippen LogP contribution in [0.4, 0.5) is 0 Å². The van der Waals surface area contributed by atoms with Crippen molar-refractivity contribution in [3.8, 4) is 0 Å². The van der Waals surface area contributed by atoms with Crippen molar-refractivity contribution < 1.29 is 4.79 Å². The number of hydrogen-bond acceptors (Lipinski definition) is 3. The maximum absolute atomic E-state index is 13.1. The van der Waals surface area contributed by atoms with E-state index in [1.54, 1.807) is 12.4 Å². The first-order valence-corrected chi connectivity index (χ1v) is 10.9. The summed E-state index contributed by atoms with van der Waals surface area (Å²) >= 11 is 0. The number of aromatic nitrogens is 1. The van der Waals surface area contributed by atoms with Crippen molar-refractivity contribution in [2.24, 2.45) is 5.73 Å². The van der Waals surface area contributed by atoms with Gasteiger partial charge in [-0.2, -0.15) is 0 Å². The third-order valence-corrected chi connectivity index (χ3v) is 6.08. The number of aryl methyl sites for hydroxylation is 1. The van der Waals surface area contributed by atoms with E-state index in [-0.39, 0.29) is 5.91 Å². The lowest BCUT2D eigenvalue weighted by Crippen LogP contribution is -2.38. The van der Waals surface area contributed by atoms with Gasteiger partial charge in [0.1, 0.15) is 0 Å². The van der Waals surface area contributed by atoms with E-state index < -0.39 is 0 Å². The van der Waals surface area contributed by atoms with Crippen molar-refractivity contribution in [3.05, 3.63) is 100 Å². The molecule has 2 aromatic carbocycles. The number of nitrogens with two attached hydrogens (primary N) is 1. The zero-order chi connectivity index (χ0) is 21.6. The summed E-state index contributed by atoms with van der Waals surface area (Å²) in [5.74, 6) is 0.544. The summed E-state index contributed by atoms with van der Waals surface area (Å²) in [6.07, 6.45) is 9.44. The average molecular weight is 412 g/mol. The number of carbonyl (C=O) groups is 1. The Morgan fingerprint density at radius 2 is 1.77 bits per heavy atom. The Bertz CT molecular complexity index is 1070. The summed E-state index contributed by atoms with van der Waals surface area (Å²) < 4.78 is 0. The number of hydrogen-bond donors (Lipinski definition) is 1. The van der Waals surface area contributed by atoms with Gasteiger partial charge in [0.25, 0.3) is 5.91 Å². The van der Waals surface area contributed by atoms with Crippen molar-refractivity contribution in [3.63, 3.8) is 0 Å². The van der Waals surface area contributed by atoms with E-state index in [2.05, 4.69) is 30.1 Å². The fourth-order valence-corrected chi connectivity index (χ4v) is 4.26. The molecule has 0 atom stereocenters. The number of likely N-dealkylation sites (tertiary alicyclic amines) is 1. The second-order valence-electron chi connectivity index (χ2n) is 8.21. The molecule has 4 nitrogen and oxygen atoms in total. The molecule has 158 valence electrons. The van der Waals surface area contributed by atoms with Crippen molar-refractivity contribution in [2.45, 2.75) is 32.2 Å². The van der Waals surface area contributed by atoms with Crippen LogP contribution in [0.3, 0.4) is 0 Å². The van der Waals surface area contributed by atoms with Gasteiger partial charge < -0.3 is 10.6 Å². The summed E-state index contributed by atoms with van der Waals surface area (Å²) in [5, 5.41) is 0. The number of nitrogens with zero attached hydrogens (tertiary/aromatic N) is 2. The van der Waals surface area contributed by atoms with Gasteiger partial charge in [-0.1, -0.05) is 60.7 Å². The predicted molar refractivity (Wildman–Crippen MR) is 127 cm³/mol. The largest absolute Gasteiger partial charge is 0.339 e.